The summed E-state index contributed by atoms with van der Waals surface area (Å²) in [6, 6.07) is 1.17. The maximum Gasteiger partial charge on any atom is 0.426 e. The average molecular weight is 488 g/mol. The lowest BCUT2D eigenvalue weighted by Crippen LogP contribution is -2.46. The van der Waals surface area contributed by atoms with Crippen molar-refractivity contribution in [3.05, 3.63) is 52.5 Å². The van der Waals surface area contributed by atoms with Crippen LogP contribution in [0.25, 0.3) is 0 Å². The van der Waals surface area contributed by atoms with E-state index in [0.29, 0.717) is 12.8 Å². The van der Waals surface area contributed by atoms with Gasteiger partial charge in [0.2, 0.25) is 0 Å². The van der Waals surface area contributed by atoms with Crippen molar-refractivity contribution >= 4 is 18.0 Å². The van der Waals surface area contributed by atoms with Crippen molar-refractivity contribution in [2.45, 2.75) is 77.7 Å². The van der Waals surface area contributed by atoms with Crippen LogP contribution in [0.4, 0.5) is 4.79 Å². The molecule has 2 amide bonds. The van der Waals surface area contributed by atoms with Gasteiger partial charge in [-0.1, -0.05) is 0 Å². The number of carbonyl (C=O) groups is 3. The molecule has 1 saturated carbocycles. The Bertz CT molecular complexity index is 1150. The molecule has 11 heteroatoms. The number of esters is 1. The standard InChI is InChI=1S/C24H33N5O6/c1-23(2,3)34-21(32)18-13-29(16-10-15(11-16)28-9-8-25-14-28)19(30)12-17(18)20(31)27(7)26-22(33)35-24(4,5)6/h8-9,12-16H,10-11H2,1-7H3,(H,26,33). The molecule has 1 N–H and O–H groups in total. The van der Waals surface area contributed by atoms with E-state index in [1.807, 2.05) is 10.8 Å². The van der Waals surface area contributed by atoms with Gasteiger partial charge < -0.3 is 18.6 Å². The topological polar surface area (TPSA) is 125 Å². The van der Waals surface area contributed by atoms with Gasteiger partial charge in [0.15, 0.2) is 0 Å². The molecule has 0 radical (unpaired) electrons. The molecular formula is C24H33N5O6. The molecule has 2 aromatic rings. The summed E-state index contributed by atoms with van der Waals surface area (Å²) in [4.78, 5) is 55.3. The monoisotopic (exact) mass is 487 g/mol. The second-order valence-corrected chi connectivity index (χ2v) is 10.6. The zero-order chi connectivity index (χ0) is 26.1. The van der Waals surface area contributed by atoms with Crippen molar-refractivity contribution in [2.75, 3.05) is 7.05 Å². The number of rotatable bonds is 4. The number of amides is 2. The number of aromatic nitrogens is 3. The van der Waals surface area contributed by atoms with Gasteiger partial charge in [0, 0.05) is 43.8 Å². The minimum atomic E-state index is -0.847. The molecule has 2 aromatic heterocycles. The van der Waals surface area contributed by atoms with Crippen molar-refractivity contribution < 1.29 is 23.9 Å². The van der Waals surface area contributed by atoms with Gasteiger partial charge in [-0.15, -0.1) is 0 Å². The zero-order valence-corrected chi connectivity index (χ0v) is 21.2. The van der Waals surface area contributed by atoms with Crippen LogP contribution < -0.4 is 11.0 Å². The number of nitrogens with zero attached hydrogens (tertiary/aromatic N) is 4. The summed E-state index contributed by atoms with van der Waals surface area (Å²) >= 11 is 0. The van der Waals surface area contributed by atoms with E-state index in [1.54, 1.807) is 54.1 Å². The maximum absolute atomic E-state index is 13.2. The van der Waals surface area contributed by atoms with Crippen molar-refractivity contribution in [2.24, 2.45) is 0 Å². The predicted molar refractivity (Wildman–Crippen MR) is 127 cm³/mol. The van der Waals surface area contributed by atoms with Crippen molar-refractivity contribution in [3.63, 3.8) is 0 Å². The Morgan fingerprint density at radius 2 is 1.66 bits per heavy atom. The number of pyridine rings is 1. The number of nitrogens with one attached hydrogen (secondary N) is 1. The highest BCUT2D eigenvalue weighted by Crippen LogP contribution is 2.40. The summed E-state index contributed by atoms with van der Waals surface area (Å²) < 4.78 is 14.1. The quantitative estimate of drug-likeness (QED) is 0.519. The first-order valence-electron chi connectivity index (χ1n) is 11.4. The Morgan fingerprint density at radius 1 is 1.03 bits per heavy atom. The second kappa shape index (κ2) is 9.55. The van der Waals surface area contributed by atoms with Gasteiger partial charge in [-0.2, -0.15) is 0 Å². The molecule has 1 aliphatic carbocycles. The van der Waals surface area contributed by atoms with Crippen LogP contribution in [0.2, 0.25) is 0 Å². The van der Waals surface area contributed by atoms with Crippen LogP contribution in [0, 0.1) is 0 Å². The summed E-state index contributed by atoms with van der Waals surface area (Å²) in [7, 11) is 1.30. The highest BCUT2D eigenvalue weighted by Gasteiger charge is 2.34. The number of ether oxygens (including phenoxy) is 2. The third-order valence-corrected chi connectivity index (χ3v) is 5.32. The highest BCUT2D eigenvalue weighted by molar-refractivity contribution is 6.05. The third kappa shape index (κ3) is 6.49. The molecule has 1 aliphatic rings. The van der Waals surface area contributed by atoms with E-state index >= 15 is 0 Å². The predicted octanol–water partition coefficient (Wildman–Crippen LogP) is 3.09. The van der Waals surface area contributed by atoms with Gasteiger partial charge in [0.25, 0.3) is 11.5 Å². The SMILES string of the molecule is CN(NC(=O)OC(C)(C)C)C(=O)c1cc(=O)n(C2CC(n3ccnc3)C2)cc1C(=O)OC(C)(C)C. The molecule has 0 atom stereocenters. The second-order valence-electron chi connectivity index (χ2n) is 10.6. The van der Waals surface area contributed by atoms with Crippen LogP contribution in [-0.4, -0.2) is 55.3 Å². The van der Waals surface area contributed by atoms with E-state index in [2.05, 4.69) is 10.4 Å². The zero-order valence-electron chi connectivity index (χ0n) is 21.2. The molecule has 190 valence electrons. The van der Waals surface area contributed by atoms with Gasteiger partial charge >= 0.3 is 12.1 Å². The molecular weight excluding hydrogens is 454 g/mol. The summed E-state index contributed by atoms with van der Waals surface area (Å²) in [5.74, 6) is -1.50. The first-order chi connectivity index (χ1) is 16.1. The third-order valence-electron chi connectivity index (χ3n) is 5.32. The number of hydrazine groups is 1. The fourth-order valence-corrected chi connectivity index (χ4v) is 3.69. The number of carbonyl (C=O) groups excluding carboxylic acids is 3. The van der Waals surface area contributed by atoms with E-state index in [0.717, 1.165) is 11.1 Å². The van der Waals surface area contributed by atoms with Crippen molar-refractivity contribution in [1.82, 2.24) is 24.6 Å². The molecule has 35 heavy (non-hydrogen) atoms. The average Bonchev–Trinajstić information content (AvgIpc) is 3.18. The molecule has 0 aromatic carbocycles. The van der Waals surface area contributed by atoms with Crippen LogP contribution in [0.3, 0.4) is 0 Å². The molecule has 3 rings (SSSR count). The normalized spacial score (nSPS) is 17.8. The van der Waals surface area contributed by atoms with Crippen LogP contribution in [0.1, 0.15) is 87.2 Å². The Hall–Kier alpha value is -3.63. The summed E-state index contributed by atoms with van der Waals surface area (Å²) in [6.45, 7) is 10.2. The first kappa shape index (κ1) is 26.0. The molecule has 1 fully saturated rings. The fourth-order valence-electron chi connectivity index (χ4n) is 3.69. The Balaban J connectivity index is 1.89. The minimum Gasteiger partial charge on any atom is -0.456 e. The lowest BCUT2D eigenvalue weighted by molar-refractivity contribution is 0.00650. The van der Waals surface area contributed by atoms with Gasteiger partial charge in [-0.3, -0.25) is 14.6 Å². The minimum absolute atomic E-state index is 0.0616. The van der Waals surface area contributed by atoms with Gasteiger partial charge in [-0.25, -0.2) is 20.0 Å². The lowest BCUT2D eigenvalue weighted by atomic mass is 9.86. The molecule has 2 heterocycles. The maximum atomic E-state index is 13.2. The summed E-state index contributed by atoms with van der Waals surface area (Å²) in [5, 5.41) is 0.874. The first-order valence-corrected chi connectivity index (χ1v) is 11.4. The molecule has 0 saturated heterocycles. The molecule has 0 bridgehead atoms. The van der Waals surface area contributed by atoms with Gasteiger partial charge in [-0.05, 0) is 54.4 Å². The number of hydrogen-bond donors (Lipinski definition) is 1. The number of imidazole rings is 1. The van der Waals surface area contributed by atoms with Crippen molar-refractivity contribution in [1.29, 1.82) is 0 Å². The van der Waals surface area contributed by atoms with E-state index in [-0.39, 0.29) is 23.2 Å². The lowest BCUT2D eigenvalue weighted by Gasteiger charge is -2.37. The van der Waals surface area contributed by atoms with Crippen LogP contribution in [0.15, 0.2) is 35.8 Å². The van der Waals surface area contributed by atoms with E-state index in [9.17, 15) is 19.2 Å². The Morgan fingerprint density at radius 3 is 2.20 bits per heavy atom. The fraction of sp³-hybridized carbons (Fsp3) is 0.542. The van der Waals surface area contributed by atoms with Crippen LogP contribution in [-0.2, 0) is 9.47 Å². The van der Waals surface area contributed by atoms with Crippen LogP contribution in [0.5, 0.6) is 0 Å². The molecule has 0 unspecified atom stereocenters. The summed E-state index contributed by atoms with van der Waals surface area (Å²) in [6.07, 6.45) is 7.17. The number of hydrogen-bond acceptors (Lipinski definition) is 7. The van der Waals surface area contributed by atoms with Crippen molar-refractivity contribution in [3.8, 4) is 0 Å². The Kier molecular flexibility index (Phi) is 7.09. The smallest absolute Gasteiger partial charge is 0.426 e. The van der Waals surface area contributed by atoms with Crippen LogP contribution >= 0.6 is 0 Å². The molecule has 11 nitrogen and oxygen atoms in total. The van der Waals surface area contributed by atoms with Gasteiger partial charge in [0.1, 0.15) is 11.2 Å². The molecule has 0 spiro atoms. The highest BCUT2D eigenvalue weighted by atomic mass is 16.6. The van der Waals surface area contributed by atoms with E-state index in [4.69, 9.17) is 9.47 Å². The van der Waals surface area contributed by atoms with E-state index < -0.39 is 34.7 Å². The summed E-state index contributed by atoms with van der Waals surface area (Å²) in [5.41, 5.74) is 0.0467. The van der Waals surface area contributed by atoms with E-state index in [1.165, 1.54) is 17.8 Å². The van der Waals surface area contributed by atoms with Gasteiger partial charge in [0.05, 0.1) is 17.5 Å². The largest absolute Gasteiger partial charge is 0.456 e. The Labute approximate surface area is 204 Å². The molecule has 0 aliphatic heterocycles.